The number of carboxylic acid groups (broad SMARTS) is 1. The topological polar surface area (TPSA) is 92.6 Å². The van der Waals surface area contributed by atoms with Crippen LogP contribution in [0, 0.1) is 13.8 Å². The van der Waals surface area contributed by atoms with Gasteiger partial charge in [0.05, 0.1) is 7.11 Å². The molecule has 0 atom stereocenters. The van der Waals surface area contributed by atoms with Gasteiger partial charge in [-0.3, -0.25) is 19.6 Å². The van der Waals surface area contributed by atoms with Crippen LogP contribution in [0.1, 0.15) is 22.3 Å². The summed E-state index contributed by atoms with van der Waals surface area (Å²) < 4.78 is 0. The van der Waals surface area contributed by atoms with E-state index < -0.39 is 5.97 Å². The molecule has 2 heterocycles. The lowest BCUT2D eigenvalue weighted by molar-refractivity contribution is -0.162. The predicted molar refractivity (Wildman–Crippen MR) is 103 cm³/mol. The molecule has 0 aromatic carbocycles. The summed E-state index contributed by atoms with van der Waals surface area (Å²) in [5.41, 5.74) is 3.78. The van der Waals surface area contributed by atoms with E-state index in [2.05, 4.69) is 9.97 Å². The minimum atomic E-state index is -0.948. The SMILES string of the molecule is CON(C)C(=O)/C=C/c1cncc(C)c1.Cc1cncc(/C=C/C(=O)O)c1. The van der Waals surface area contributed by atoms with E-state index in [-0.39, 0.29) is 5.91 Å². The summed E-state index contributed by atoms with van der Waals surface area (Å²) in [5.74, 6) is -1.16. The number of aryl methyl sites for hydroxylation is 2. The van der Waals surface area contributed by atoms with E-state index in [1.165, 1.54) is 19.3 Å². The molecule has 7 nitrogen and oxygen atoms in total. The minimum absolute atomic E-state index is 0.209. The lowest BCUT2D eigenvalue weighted by Gasteiger charge is -2.09. The average Bonchev–Trinajstić information content (AvgIpc) is 2.64. The van der Waals surface area contributed by atoms with Crippen molar-refractivity contribution in [3.63, 3.8) is 0 Å². The predicted octanol–water partition coefficient (Wildman–Crippen LogP) is 2.91. The third kappa shape index (κ3) is 9.08. The fourth-order valence-electron chi connectivity index (χ4n) is 1.87. The molecule has 0 spiro atoms. The zero-order valence-electron chi connectivity index (χ0n) is 15.8. The fraction of sp³-hybridized carbons (Fsp3) is 0.200. The summed E-state index contributed by atoms with van der Waals surface area (Å²) in [6.07, 6.45) is 12.6. The number of hydrogen-bond donors (Lipinski definition) is 1. The van der Waals surface area contributed by atoms with Gasteiger partial charge in [-0.2, -0.15) is 0 Å². The van der Waals surface area contributed by atoms with Crippen LogP contribution in [0.4, 0.5) is 0 Å². The Labute approximate surface area is 158 Å². The standard InChI is InChI=1S/C11H14N2O2.C9H9NO2/c1-9-6-10(8-12-7-9)4-5-11(14)13(2)15-3;1-7-4-8(6-10-5-7)2-3-9(11)12/h4-8H,1-3H3;2-6H,1H3,(H,11,12)/b5-4+;3-2+. The number of carboxylic acids is 1. The Kier molecular flexibility index (Phi) is 9.11. The Morgan fingerprint density at radius 3 is 1.85 bits per heavy atom. The number of aliphatic carboxylic acids is 1. The van der Waals surface area contributed by atoms with Crippen molar-refractivity contribution in [1.29, 1.82) is 0 Å². The first kappa shape index (κ1) is 21.7. The lowest BCUT2D eigenvalue weighted by Crippen LogP contribution is -2.22. The fourth-order valence-corrected chi connectivity index (χ4v) is 1.87. The van der Waals surface area contributed by atoms with E-state index in [9.17, 15) is 9.59 Å². The molecule has 142 valence electrons. The van der Waals surface area contributed by atoms with E-state index in [4.69, 9.17) is 9.94 Å². The van der Waals surface area contributed by atoms with Crippen molar-refractivity contribution in [2.75, 3.05) is 14.2 Å². The highest BCUT2D eigenvalue weighted by atomic mass is 16.7. The zero-order chi connectivity index (χ0) is 20.2. The molecule has 1 amide bonds. The van der Waals surface area contributed by atoms with Crippen LogP contribution >= 0.6 is 0 Å². The number of nitrogens with zero attached hydrogens (tertiary/aromatic N) is 3. The lowest BCUT2D eigenvalue weighted by atomic mass is 10.2. The number of carbonyl (C=O) groups excluding carboxylic acids is 1. The number of hydrogen-bond acceptors (Lipinski definition) is 5. The molecular formula is C20H23N3O4. The number of rotatable bonds is 5. The molecule has 0 saturated carbocycles. The van der Waals surface area contributed by atoms with Crippen molar-refractivity contribution >= 4 is 24.0 Å². The summed E-state index contributed by atoms with van der Waals surface area (Å²) in [6, 6.07) is 3.82. The van der Waals surface area contributed by atoms with Gasteiger partial charge in [-0.25, -0.2) is 9.86 Å². The van der Waals surface area contributed by atoms with Crippen molar-refractivity contribution in [3.8, 4) is 0 Å². The van der Waals surface area contributed by atoms with Gasteiger partial charge >= 0.3 is 5.97 Å². The van der Waals surface area contributed by atoms with Crippen molar-refractivity contribution in [3.05, 3.63) is 71.3 Å². The number of aromatic nitrogens is 2. The van der Waals surface area contributed by atoms with Crippen molar-refractivity contribution in [2.24, 2.45) is 0 Å². The maximum atomic E-state index is 11.3. The van der Waals surface area contributed by atoms with Crippen LogP contribution in [-0.2, 0) is 14.4 Å². The smallest absolute Gasteiger partial charge is 0.328 e. The Hall–Kier alpha value is -3.32. The Morgan fingerprint density at radius 1 is 0.963 bits per heavy atom. The normalized spacial score (nSPS) is 10.5. The minimum Gasteiger partial charge on any atom is -0.478 e. The molecule has 1 N–H and O–H groups in total. The first-order valence-electron chi connectivity index (χ1n) is 8.06. The first-order chi connectivity index (χ1) is 12.8. The molecular weight excluding hydrogens is 346 g/mol. The van der Waals surface area contributed by atoms with E-state index in [0.717, 1.165) is 33.4 Å². The molecule has 0 radical (unpaired) electrons. The summed E-state index contributed by atoms with van der Waals surface area (Å²) in [6.45, 7) is 3.86. The molecule has 0 aliphatic heterocycles. The van der Waals surface area contributed by atoms with E-state index in [1.54, 1.807) is 37.9 Å². The van der Waals surface area contributed by atoms with E-state index >= 15 is 0 Å². The van der Waals surface area contributed by atoms with Gasteiger partial charge in [-0.15, -0.1) is 0 Å². The molecule has 2 rings (SSSR count). The van der Waals surface area contributed by atoms with Crippen LogP contribution in [0.25, 0.3) is 12.2 Å². The van der Waals surface area contributed by atoms with Gasteiger partial charge in [-0.05, 0) is 60.4 Å². The second kappa shape index (κ2) is 11.3. The Bertz CT molecular complexity index is 831. The molecule has 0 unspecified atom stereocenters. The van der Waals surface area contributed by atoms with Gasteiger partial charge < -0.3 is 5.11 Å². The summed E-state index contributed by atoms with van der Waals surface area (Å²) in [4.78, 5) is 34.2. The molecule has 0 aliphatic carbocycles. The highest BCUT2D eigenvalue weighted by molar-refractivity contribution is 5.90. The number of hydroxylamine groups is 2. The molecule has 0 fully saturated rings. The number of carbonyl (C=O) groups is 2. The molecule has 2 aromatic heterocycles. The van der Waals surface area contributed by atoms with Crippen LogP contribution in [0.5, 0.6) is 0 Å². The van der Waals surface area contributed by atoms with E-state index in [1.807, 2.05) is 26.0 Å². The van der Waals surface area contributed by atoms with Crippen LogP contribution in [-0.4, -0.2) is 46.2 Å². The third-order valence-corrected chi connectivity index (χ3v) is 3.21. The van der Waals surface area contributed by atoms with Gasteiger partial charge in [0.1, 0.15) is 0 Å². The number of amides is 1. The molecule has 27 heavy (non-hydrogen) atoms. The monoisotopic (exact) mass is 369 g/mol. The number of pyridine rings is 2. The summed E-state index contributed by atoms with van der Waals surface area (Å²) in [5, 5.41) is 9.49. The molecule has 7 heteroatoms. The van der Waals surface area contributed by atoms with Crippen LogP contribution in [0.2, 0.25) is 0 Å². The van der Waals surface area contributed by atoms with Gasteiger partial charge in [0, 0.05) is 44.0 Å². The van der Waals surface area contributed by atoms with Gasteiger partial charge in [0.25, 0.3) is 5.91 Å². The number of likely N-dealkylation sites (N-methyl/N-ethyl adjacent to an activating group) is 1. The largest absolute Gasteiger partial charge is 0.478 e. The average molecular weight is 369 g/mol. The van der Waals surface area contributed by atoms with Crippen molar-refractivity contribution < 1.29 is 19.5 Å². The zero-order valence-corrected chi connectivity index (χ0v) is 15.8. The highest BCUT2D eigenvalue weighted by Gasteiger charge is 2.01. The molecule has 0 bridgehead atoms. The Balaban J connectivity index is 0.000000277. The van der Waals surface area contributed by atoms with Crippen LogP contribution in [0.15, 0.2) is 49.1 Å². The van der Waals surface area contributed by atoms with Crippen molar-refractivity contribution in [2.45, 2.75) is 13.8 Å². The quantitative estimate of drug-likeness (QED) is 0.643. The second-order valence-electron chi connectivity index (χ2n) is 5.61. The molecule has 2 aromatic rings. The summed E-state index contributed by atoms with van der Waals surface area (Å²) in [7, 11) is 3.00. The van der Waals surface area contributed by atoms with Gasteiger partial charge in [0.15, 0.2) is 0 Å². The molecule has 0 saturated heterocycles. The summed E-state index contributed by atoms with van der Waals surface area (Å²) >= 11 is 0. The molecule has 0 aliphatic rings. The first-order valence-corrected chi connectivity index (χ1v) is 8.06. The van der Waals surface area contributed by atoms with Crippen molar-refractivity contribution in [1.82, 2.24) is 15.0 Å². The van der Waals surface area contributed by atoms with Gasteiger partial charge in [-0.1, -0.05) is 0 Å². The van der Waals surface area contributed by atoms with Crippen LogP contribution in [0.3, 0.4) is 0 Å². The Morgan fingerprint density at radius 2 is 1.44 bits per heavy atom. The van der Waals surface area contributed by atoms with Crippen LogP contribution < -0.4 is 0 Å². The van der Waals surface area contributed by atoms with Gasteiger partial charge in [0.2, 0.25) is 0 Å². The maximum Gasteiger partial charge on any atom is 0.328 e. The maximum absolute atomic E-state index is 11.3. The second-order valence-corrected chi connectivity index (χ2v) is 5.61. The van der Waals surface area contributed by atoms with E-state index in [0.29, 0.717) is 0 Å². The highest BCUT2D eigenvalue weighted by Crippen LogP contribution is 2.04. The third-order valence-electron chi connectivity index (χ3n) is 3.21.